The van der Waals surface area contributed by atoms with Crippen molar-refractivity contribution < 1.29 is 19.2 Å². The largest absolute Gasteiger partial charge is 0.355 e. The van der Waals surface area contributed by atoms with Gasteiger partial charge in [-0.3, -0.25) is 19.2 Å². The molecule has 0 aliphatic heterocycles. The molecule has 32 heavy (non-hydrogen) atoms. The molecule has 12 heteroatoms. The standard InChI is InChI=1S/C20H26N8O4/c21-5-1-9-25-17(29)13-15(19(31)27-11-3-7-23)16(20(32)28-12-4-8-24)14-18(30)26-10-2-6-22/h15-16H,1-4,9-14H2,(H,25,29)(H,26,30)(H,27,31)(H,28,32). The minimum absolute atomic E-state index is 0.000970. The number of nitrogens with one attached hydrogen (secondary N) is 4. The Hall–Kier alpha value is -4.16. The number of hydrogen-bond donors (Lipinski definition) is 4. The summed E-state index contributed by atoms with van der Waals surface area (Å²) in [5.41, 5.74) is 0. The van der Waals surface area contributed by atoms with Crippen LogP contribution < -0.4 is 21.3 Å². The molecule has 0 aromatic heterocycles. The van der Waals surface area contributed by atoms with Crippen LogP contribution in [0.25, 0.3) is 0 Å². The van der Waals surface area contributed by atoms with Gasteiger partial charge in [0, 0.05) is 39.0 Å². The molecule has 0 aromatic rings. The van der Waals surface area contributed by atoms with Gasteiger partial charge in [-0.15, -0.1) is 0 Å². The Balaban J connectivity index is 5.61. The van der Waals surface area contributed by atoms with Crippen LogP contribution in [-0.4, -0.2) is 49.8 Å². The first-order valence-corrected chi connectivity index (χ1v) is 9.97. The molecule has 4 N–H and O–H groups in total. The van der Waals surface area contributed by atoms with Gasteiger partial charge in [-0.2, -0.15) is 21.0 Å². The van der Waals surface area contributed by atoms with Crippen LogP contribution in [-0.2, 0) is 19.2 Å². The topological polar surface area (TPSA) is 212 Å². The number of amides is 4. The van der Waals surface area contributed by atoms with E-state index in [4.69, 9.17) is 21.0 Å². The minimum atomic E-state index is -1.24. The van der Waals surface area contributed by atoms with Crippen molar-refractivity contribution in [1.82, 2.24) is 21.3 Å². The molecule has 0 fully saturated rings. The fourth-order valence-corrected chi connectivity index (χ4v) is 2.64. The van der Waals surface area contributed by atoms with Crippen molar-refractivity contribution in [3.8, 4) is 24.3 Å². The number of carbonyl (C=O) groups excluding carboxylic acids is 4. The molecule has 0 aliphatic carbocycles. The van der Waals surface area contributed by atoms with Gasteiger partial charge in [0.2, 0.25) is 23.6 Å². The van der Waals surface area contributed by atoms with Crippen molar-refractivity contribution in [2.75, 3.05) is 26.2 Å². The summed E-state index contributed by atoms with van der Waals surface area (Å²) in [6.45, 7) is 0.121. The second-order valence-electron chi connectivity index (χ2n) is 6.54. The van der Waals surface area contributed by atoms with E-state index < -0.39 is 48.3 Å². The zero-order valence-corrected chi connectivity index (χ0v) is 17.6. The lowest BCUT2D eigenvalue weighted by molar-refractivity contribution is -0.140. The van der Waals surface area contributed by atoms with Gasteiger partial charge >= 0.3 is 0 Å². The van der Waals surface area contributed by atoms with Crippen molar-refractivity contribution in [2.45, 2.75) is 38.5 Å². The normalized spacial score (nSPS) is 11.2. The maximum absolute atomic E-state index is 12.7. The Labute approximate surface area is 186 Å². The average Bonchev–Trinajstić information content (AvgIpc) is 2.76. The van der Waals surface area contributed by atoms with E-state index in [1.54, 1.807) is 0 Å². The Morgan fingerprint density at radius 1 is 0.531 bits per heavy atom. The molecule has 0 radical (unpaired) electrons. The molecule has 0 bridgehead atoms. The molecule has 4 amide bonds. The summed E-state index contributed by atoms with van der Waals surface area (Å²) in [4.78, 5) is 50.0. The third kappa shape index (κ3) is 12.4. The van der Waals surface area contributed by atoms with E-state index in [0.29, 0.717) is 0 Å². The Morgan fingerprint density at radius 2 is 0.812 bits per heavy atom. The van der Waals surface area contributed by atoms with Crippen LogP contribution in [0.15, 0.2) is 0 Å². The number of nitriles is 4. The number of hydrogen-bond acceptors (Lipinski definition) is 8. The summed E-state index contributed by atoms with van der Waals surface area (Å²) in [5.74, 6) is -5.00. The molecule has 0 heterocycles. The highest BCUT2D eigenvalue weighted by Crippen LogP contribution is 2.21. The van der Waals surface area contributed by atoms with E-state index >= 15 is 0 Å². The third-order valence-corrected chi connectivity index (χ3v) is 4.16. The van der Waals surface area contributed by atoms with Gasteiger partial charge in [0.1, 0.15) is 0 Å². The summed E-state index contributed by atoms with van der Waals surface area (Å²) < 4.78 is 0. The minimum Gasteiger partial charge on any atom is -0.355 e. The number of nitrogens with zero attached hydrogens (tertiary/aromatic N) is 4. The van der Waals surface area contributed by atoms with Crippen molar-refractivity contribution in [3.05, 3.63) is 0 Å². The summed E-state index contributed by atoms with van der Waals surface area (Å²) in [5, 5.41) is 44.4. The van der Waals surface area contributed by atoms with Crippen molar-refractivity contribution in [3.63, 3.8) is 0 Å². The van der Waals surface area contributed by atoms with Gasteiger partial charge in [0.05, 0.1) is 61.8 Å². The first kappa shape index (κ1) is 27.8. The maximum Gasteiger partial charge on any atom is 0.224 e. The van der Waals surface area contributed by atoms with Crippen LogP contribution >= 0.6 is 0 Å². The predicted molar refractivity (Wildman–Crippen MR) is 109 cm³/mol. The van der Waals surface area contributed by atoms with Crippen molar-refractivity contribution in [2.24, 2.45) is 11.8 Å². The molecule has 0 saturated carbocycles. The second-order valence-corrected chi connectivity index (χ2v) is 6.54. The third-order valence-electron chi connectivity index (χ3n) is 4.16. The zero-order valence-electron chi connectivity index (χ0n) is 17.6. The second kappa shape index (κ2) is 17.7. The molecule has 2 atom stereocenters. The molecule has 0 aromatic carbocycles. The highest BCUT2D eigenvalue weighted by atomic mass is 16.2. The Kier molecular flexibility index (Phi) is 15.4. The summed E-state index contributed by atoms with van der Waals surface area (Å²) >= 11 is 0. The lowest BCUT2D eigenvalue weighted by Gasteiger charge is -2.25. The first-order chi connectivity index (χ1) is 15.4. The maximum atomic E-state index is 12.7. The fraction of sp³-hybridized carbons (Fsp3) is 0.600. The molecular formula is C20H26N8O4. The molecule has 0 spiro atoms. The SMILES string of the molecule is N#CCCNC(=O)CC(C(=O)NCCC#N)C(CC(=O)NCCC#N)C(=O)NCCC#N. The quantitative estimate of drug-likeness (QED) is 0.233. The Morgan fingerprint density at radius 3 is 1.09 bits per heavy atom. The van der Waals surface area contributed by atoms with E-state index in [9.17, 15) is 19.2 Å². The lowest BCUT2D eigenvalue weighted by Crippen LogP contribution is -2.46. The van der Waals surface area contributed by atoms with Gasteiger partial charge in [-0.25, -0.2) is 0 Å². The molecule has 12 nitrogen and oxygen atoms in total. The lowest BCUT2D eigenvalue weighted by atomic mass is 9.84. The molecule has 2 unspecified atom stereocenters. The van der Waals surface area contributed by atoms with E-state index in [1.807, 2.05) is 24.3 Å². The monoisotopic (exact) mass is 442 g/mol. The molecule has 0 rings (SSSR count). The zero-order chi connectivity index (χ0) is 24.2. The van der Waals surface area contributed by atoms with Crippen LogP contribution in [0.2, 0.25) is 0 Å². The van der Waals surface area contributed by atoms with Gasteiger partial charge < -0.3 is 21.3 Å². The van der Waals surface area contributed by atoms with Gasteiger partial charge in [-0.05, 0) is 0 Å². The number of rotatable bonds is 15. The van der Waals surface area contributed by atoms with Crippen LogP contribution in [0.3, 0.4) is 0 Å². The van der Waals surface area contributed by atoms with Gasteiger partial charge in [0.25, 0.3) is 0 Å². The van der Waals surface area contributed by atoms with Gasteiger partial charge in [0.15, 0.2) is 0 Å². The Bertz CT molecular complexity index is 747. The van der Waals surface area contributed by atoms with Gasteiger partial charge in [-0.1, -0.05) is 0 Å². The highest BCUT2D eigenvalue weighted by molar-refractivity contribution is 5.93. The molecule has 170 valence electrons. The molecule has 0 aliphatic rings. The number of carbonyl (C=O) groups is 4. The average molecular weight is 442 g/mol. The van der Waals surface area contributed by atoms with E-state index in [0.717, 1.165) is 0 Å². The first-order valence-electron chi connectivity index (χ1n) is 9.97. The molecule has 0 saturated heterocycles. The van der Waals surface area contributed by atoms with Crippen LogP contribution in [0.4, 0.5) is 0 Å². The summed E-state index contributed by atoms with van der Waals surface area (Å²) in [6.07, 6.45) is -0.702. The predicted octanol–water partition coefficient (Wildman–Crippen LogP) is -0.881. The smallest absolute Gasteiger partial charge is 0.224 e. The molecular weight excluding hydrogens is 416 g/mol. The fourth-order valence-electron chi connectivity index (χ4n) is 2.64. The van der Waals surface area contributed by atoms with E-state index in [-0.39, 0.29) is 51.9 Å². The summed E-state index contributed by atoms with van der Waals surface area (Å²) in [6, 6.07) is 7.44. The van der Waals surface area contributed by atoms with Crippen LogP contribution in [0, 0.1) is 57.2 Å². The van der Waals surface area contributed by atoms with E-state index in [2.05, 4.69) is 21.3 Å². The summed E-state index contributed by atoms with van der Waals surface area (Å²) in [7, 11) is 0. The highest BCUT2D eigenvalue weighted by Gasteiger charge is 2.36. The van der Waals surface area contributed by atoms with Crippen LogP contribution in [0.5, 0.6) is 0 Å². The van der Waals surface area contributed by atoms with Crippen LogP contribution in [0.1, 0.15) is 38.5 Å². The van der Waals surface area contributed by atoms with E-state index in [1.165, 1.54) is 0 Å². The van der Waals surface area contributed by atoms with Crippen molar-refractivity contribution >= 4 is 23.6 Å². The van der Waals surface area contributed by atoms with Crippen molar-refractivity contribution in [1.29, 1.82) is 21.0 Å².